The highest BCUT2D eigenvalue weighted by atomic mass is 35.5. The fourth-order valence-corrected chi connectivity index (χ4v) is 4.23. The van der Waals surface area contributed by atoms with Gasteiger partial charge in [0, 0.05) is 16.1 Å². The monoisotopic (exact) mass is 313 g/mol. The van der Waals surface area contributed by atoms with E-state index < -0.39 is 0 Å². The molecule has 0 aromatic heterocycles. The van der Waals surface area contributed by atoms with Gasteiger partial charge in [-0.05, 0) is 47.4 Å². The molecule has 0 radical (unpaired) electrons. The molecule has 1 nitrogen and oxygen atoms in total. The lowest BCUT2D eigenvalue weighted by Gasteiger charge is -2.21. The Morgan fingerprint density at radius 3 is 2.20 bits per heavy atom. The third-order valence-corrected chi connectivity index (χ3v) is 6.04. The Morgan fingerprint density at radius 1 is 1.15 bits per heavy atom. The number of hydrogen-bond acceptors (Lipinski definition) is 1. The van der Waals surface area contributed by atoms with Crippen molar-refractivity contribution < 1.29 is 0 Å². The number of benzene rings is 1. The maximum absolute atomic E-state index is 6.33. The third-order valence-electron chi connectivity index (χ3n) is 5.46. The van der Waals surface area contributed by atoms with Crippen molar-refractivity contribution in [3.05, 3.63) is 33.8 Å². The van der Waals surface area contributed by atoms with Gasteiger partial charge in [0.1, 0.15) is 0 Å². The largest absolute Gasteiger partial charge is 0.314 e. The van der Waals surface area contributed by atoms with E-state index in [0.29, 0.717) is 27.8 Å². The highest BCUT2D eigenvalue weighted by molar-refractivity contribution is 6.35. The first-order valence-electron chi connectivity index (χ1n) is 7.39. The maximum atomic E-state index is 6.33. The Bertz CT molecular complexity index is 480. The van der Waals surface area contributed by atoms with Crippen molar-refractivity contribution in [2.75, 3.05) is 6.54 Å². The Morgan fingerprint density at radius 2 is 1.75 bits per heavy atom. The van der Waals surface area contributed by atoms with Gasteiger partial charge in [-0.15, -0.1) is 0 Å². The average molecular weight is 314 g/mol. The zero-order valence-electron chi connectivity index (χ0n) is 13.1. The highest BCUT2D eigenvalue weighted by Crippen LogP contribution is 2.69. The van der Waals surface area contributed by atoms with Gasteiger partial charge in [-0.1, -0.05) is 63.9 Å². The summed E-state index contributed by atoms with van der Waals surface area (Å²) in [4.78, 5) is 0. The third kappa shape index (κ3) is 2.73. The number of nitrogens with one attached hydrogen (secondary N) is 1. The summed E-state index contributed by atoms with van der Waals surface area (Å²) >= 11 is 12.3. The van der Waals surface area contributed by atoms with Crippen LogP contribution in [0.5, 0.6) is 0 Å². The van der Waals surface area contributed by atoms with E-state index in [1.165, 1.54) is 5.56 Å². The zero-order chi connectivity index (χ0) is 15.1. The molecule has 0 saturated heterocycles. The Kier molecular flexibility index (Phi) is 4.45. The minimum Gasteiger partial charge on any atom is -0.314 e. The summed E-state index contributed by atoms with van der Waals surface area (Å²) in [5.41, 5.74) is 1.93. The van der Waals surface area contributed by atoms with Gasteiger partial charge in [-0.2, -0.15) is 0 Å². The van der Waals surface area contributed by atoms with Crippen molar-refractivity contribution in [2.24, 2.45) is 16.7 Å². The van der Waals surface area contributed by atoms with Gasteiger partial charge in [-0.25, -0.2) is 0 Å². The van der Waals surface area contributed by atoms with E-state index in [0.717, 1.165) is 18.0 Å². The molecule has 1 aliphatic carbocycles. The fraction of sp³-hybridized carbons (Fsp3) is 0.647. The molecule has 0 aliphatic heterocycles. The lowest BCUT2D eigenvalue weighted by atomic mass is 9.96. The average Bonchev–Trinajstić information content (AvgIpc) is 2.72. The van der Waals surface area contributed by atoms with Gasteiger partial charge in [0.15, 0.2) is 0 Å². The van der Waals surface area contributed by atoms with Crippen LogP contribution < -0.4 is 5.32 Å². The minimum absolute atomic E-state index is 0.374. The smallest absolute Gasteiger partial charge is 0.0453 e. The fourth-order valence-electron chi connectivity index (χ4n) is 3.75. The molecule has 0 amide bonds. The molecule has 0 spiro atoms. The number of likely N-dealkylation sites (N-methyl/N-ethyl adjacent to an activating group) is 1. The number of hydrogen-bond donors (Lipinski definition) is 1. The second-order valence-electron chi connectivity index (χ2n) is 7.03. The standard InChI is InChI=1S/C17H25Cl2N/c1-6-20-14(15-16(2,3)17(15,4)5)9-11-7-8-12(18)10-13(11)19/h7-8,10,14-15,20H,6,9H2,1-5H3. The summed E-state index contributed by atoms with van der Waals surface area (Å²) in [7, 11) is 0. The predicted molar refractivity (Wildman–Crippen MR) is 88.7 cm³/mol. The van der Waals surface area contributed by atoms with E-state index in [2.05, 4.69) is 46.0 Å². The van der Waals surface area contributed by atoms with Gasteiger partial charge in [0.25, 0.3) is 0 Å². The molecule has 1 atom stereocenters. The number of rotatable bonds is 5. The van der Waals surface area contributed by atoms with Gasteiger partial charge in [-0.3, -0.25) is 0 Å². The van der Waals surface area contributed by atoms with E-state index in [9.17, 15) is 0 Å². The molecule has 1 unspecified atom stereocenters. The van der Waals surface area contributed by atoms with Crippen molar-refractivity contribution in [1.29, 1.82) is 0 Å². The lowest BCUT2D eigenvalue weighted by molar-refractivity contribution is 0.403. The van der Waals surface area contributed by atoms with Crippen molar-refractivity contribution in [3.8, 4) is 0 Å². The molecule has 2 rings (SSSR count). The van der Waals surface area contributed by atoms with E-state index in [1.807, 2.05) is 12.1 Å². The topological polar surface area (TPSA) is 12.0 Å². The Balaban J connectivity index is 2.19. The second kappa shape index (κ2) is 5.51. The Labute approximate surface area is 133 Å². The van der Waals surface area contributed by atoms with Crippen LogP contribution in [0.1, 0.15) is 40.2 Å². The summed E-state index contributed by atoms with van der Waals surface area (Å²) in [6.07, 6.45) is 0.960. The molecule has 1 aliphatic rings. The van der Waals surface area contributed by atoms with Crippen LogP contribution in [0.15, 0.2) is 18.2 Å². The molecule has 20 heavy (non-hydrogen) atoms. The van der Waals surface area contributed by atoms with Gasteiger partial charge in [0.2, 0.25) is 0 Å². The van der Waals surface area contributed by atoms with Crippen LogP contribution in [0.2, 0.25) is 10.0 Å². The zero-order valence-corrected chi connectivity index (χ0v) is 14.6. The molecule has 1 N–H and O–H groups in total. The van der Waals surface area contributed by atoms with E-state index in [4.69, 9.17) is 23.2 Å². The van der Waals surface area contributed by atoms with Gasteiger partial charge >= 0.3 is 0 Å². The number of halogens is 2. The lowest BCUT2D eigenvalue weighted by Crippen LogP contribution is -2.35. The van der Waals surface area contributed by atoms with E-state index in [-0.39, 0.29) is 0 Å². The molecular weight excluding hydrogens is 289 g/mol. The first kappa shape index (κ1) is 16.1. The molecule has 0 heterocycles. The highest BCUT2D eigenvalue weighted by Gasteiger charge is 2.66. The summed E-state index contributed by atoms with van der Waals surface area (Å²) in [5, 5.41) is 5.13. The van der Waals surface area contributed by atoms with Crippen LogP contribution in [0.4, 0.5) is 0 Å². The molecule has 1 fully saturated rings. The quantitative estimate of drug-likeness (QED) is 0.788. The van der Waals surface area contributed by atoms with Crippen molar-refractivity contribution in [2.45, 2.75) is 47.1 Å². The summed E-state index contributed by atoms with van der Waals surface area (Å²) in [5.74, 6) is 0.668. The van der Waals surface area contributed by atoms with Crippen LogP contribution in [-0.2, 0) is 6.42 Å². The molecule has 1 saturated carbocycles. The maximum Gasteiger partial charge on any atom is 0.0453 e. The first-order valence-corrected chi connectivity index (χ1v) is 8.14. The van der Waals surface area contributed by atoms with Crippen molar-refractivity contribution in [1.82, 2.24) is 5.32 Å². The van der Waals surface area contributed by atoms with Crippen molar-refractivity contribution in [3.63, 3.8) is 0 Å². The van der Waals surface area contributed by atoms with Gasteiger partial charge in [0.05, 0.1) is 0 Å². The summed E-state index contributed by atoms with van der Waals surface area (Å²) < 4.78 is 0. The van der Waals surface area contributed by atoms with Crippen LogP contribution in [0.25, 0.3) is 0 Å². The van der Waals surface area contributed by atoms with Crippen LogP contribution >= 0.6 is 23.2 Å². The molecule has 0 bridgehead atoms. The molecular formula is C17H25Cl2N. The molecule has 1 aromatic carbocycles. The normalized spacial score (nSPS) is 21.8. The van der Waals surface area contributed by atoms with Gasteiger partial charge < -0.3 is 5.32 Å². The minimum atomic E-state index is 0.374. The summed E-state index contributed by atoms with van der Waals surface area (Å²) in [6, 6.07) is 6.28. The van der Waals surface area contributed by atoms with Crippen LogP contribution in [0, 0.1) is 16.7 Å². The summed E-state index contributed by atoms with van der Waals surface area (Å²) in [6.45, 7) is 12.6. The Hall–Kier alpha value is -0.240. The van der Waals surface area contributed by atoms with E-state index >= 15 is 0 Å². The SMILES string of the molecule is CCNC(Cc1ccc(Cl)cc1Cl)C1C(C)(C)C1(C)C. The van der Waals surface area contributed by atoms with Crippen LogP contribution in [0.3, 0.4) is 0 Å². The second-order valence-corrected chi connectivity index (χ2v) is 7.87. The first-order chi connectivity index (χ1) is 9.21. The predicted octanol–water partition coefficient (Wildman–Crippen LogP) is 5.20. The van der Waals surface area contributed by atoms with Crippen molar-refractivity contribution >= 4 is 23.2 Å². The molecule has 112 valence electrons. The molecule has 1 aromatic rings. The molecule has 3 heteroatoms. The van der Waals surface area contributed by atoms with Crippen LogP contribution in [-0.4, -0.2) is 12.6 Å². The van der Waals surface area contributed by atoms with E-state index in [1.54, 1.807) is 0 Å².